The van der Waals surface area contributed by atoms with E-state index in [1.807, 2.05) is 0 Å². The molecule has 0 amide bonds. The average molecular weight is 316 g/mol. The van der Waals surface area contributed by atoms with Crippen molar-refractivity contribution in [3.63, 3.8) is 0 Å². The Balaban J connectivity index is 2.72. The van der Waals surface area contributed by atoms with Gasteiger partial charge in [0.15, 0.2) is 8.24 Å². The molecule has 0 spiro atoms. The zero-order valence-corrected chi connectivity index (χ0v) is 16.4. The van der Waals surface area contributed by atoms with Gasteiger partial charge in [0, 0.05) is 5.54 Å². The Morgan fingerprint density at radius 2 is 1.58 bits per heavy atom. The number of rotatable bonds is 0. The molecule has 0 aromatic rings. The second-order valence-electron chi connectivity index (χ2n) is 7.62. The molecule has 4 heteroatoms. The lowest BCUT2D eigenvalue weighted by Gasteiger charge is -2.43. The molecule has 1 aliphatic carbocycles. The van der Waals surface area contributed by atoms with Crippen LogP contribution in [-0.4, -0.2) is 23.3 Å². The molecule has 19 heavy (non-hydrogen) atoms. The largest absolute Gasteiger partial charge is 0.281 e. The summed E-state index contributed by atoms with van der Waals surface area (Å²) in [5, 5.41) is 1.79. The summed E-state index contributed by atoms with van der Waals surface area (Å²) >= 11 is 7.07. The van der Waals surface area contributed by atoms with Crippen molar-refractivity contribution in [2.45, 2.75) is 72.3 Å². The second-order valence-corrected chi connectivity index (χ2v) is 14.8. The Hall–Kier alpha value is 0.377. The first-order valence-corrected chi connectivity index (χ1v) is 12.2. The van der Waals surface area contributed by atoms with E-state index in [0.717, 1.165) is 0 Å². The van der Waals surface area contributed by atoms with Gasteiger partial charge in [-0.15, -0.1) is 0 Å². The molecule has 2 unspecified atom stereocenters. The Kier molecular flexibility index (Phi) is 3.48. The molecule has 0 saturated carbocycles. The molecule has 0 bridgehead atoms. The van der Waals surface area contributed by atoms with Gasteiger partial charge in [0.05, 0.1) is 12.6 Å². The predicted octanol–water partition coefficient (Wildman–Crippen LogP) is 5.82. The van der Waals surface area contributed by atoms with Crippen LogP contribution in [-0.2, 0) is 0 Å². The summed E-state index contributed by atoms with van der Waals surface area (Å²) in [6.07, 6.45) is 0. The standard InChI is InChI=1S/C15H27ClNPSi/c1-10-11(2)13-15(7,12(10)3)18(16)17(14(4,5)6)19(13,8)9/h1-9H3. The van der Waals surface area contributed by atoms with Gasteiger partial charge in [-0.25, -0.2) is 0 Å². The number of nitrogens with zero attached hydrogens (tertiary/aromatic N) is 1. The van der Waals surface area contributed by atoms with Gasteiger partial charge in [0.25, 0.3) is 0 Å². The topological polar surface area (TPSA) is 3.24 Å². The zero-order valence-electron chi connectivity index (χ0n) is 13.8. The third-order valence-corrected chi connectivity index (χ3v) is 15.3. The maximum absolute atomic E-state index is 7.07. The fourth-order valence-electron chi connectivity index (χ4n) is 4.30. The van der Waals surface area contributed by atoms with Crippen molar-refractivity contribution in [2.75, 3.05) is 0 Å². The average Bonchev–Trinajstić information content (AvgIpc) is 2.49. The smallest absolute Gasteiger partial charge is 0.157 e. The lowest BCUT2D eigenvalue weighted by atomic mass is 10.0. The molecule has 0 radical (unpaired) electrons. The molecule has 1 fully saturated rings. The van der Waals surface area contributed by atoms with Crippen molar-refractivity contribution in [1.29, 1.82) is 0 Å². The van der Waals surface area contributed by atoms with Crippen LogP contribution >= 0.6 is 18.7 Å². The summed E-state index contributed by atoms with van der Waals surface area (Å²) in [5.74, 6) is 0. The van der Waals surface area contributed by atoms with E-state index < -0.39 is 15.7 Å². The van der Waals surface area contributed by atoms with Gasteiger partial charge in [0.1, 0.15) is 0 Å². The minimum absolute atomic E-state index is 0.105. The van der Waals surface area contributed by atoms with Crippen LogP contribution in [0.15, 0.2) is 21.9 Å². The maximum atomic E-state index is 7.07. The monoisotopic (exact) mass is 315 g/mol. The van der Waals surface area contributed by atoms with Gasteiger partial charge in [-0.05, 0) is 59.2 Å². The summed E-state index contributed by atoms with van der Waals surface area (Å²) in [4.78, 5) is 0. The molecule has 1 nitrogen and oxygen atoms in total. The van der Waals surface area contributed by atoms with E-state index in [-0.39, 0.29) is 10.7 Å². The Morgan fingerprint density at radius 1 is 1.11 bits per heavy atom. The molecule has 0 aromatic carbocycles. The van der Waals surface area contributed by atoms with Crippen molar-refractivity contribution in [3.05, 3.63) is 21.9 Å². The summed E-state index contributed by atoms with van der Waals surface area (Å²) in [6.45, 7) is 21.1. The van der Waals surface area contributed by atoms with Crippen LogP contribution in [0.2, 0.25) is 13.1 Å². The van der Waals surface area contributed by atoms with E-state index in [4.69, 9.17) is 11.2 Å². The Morgan fingerprint density at radius 3 is 1.95 bits per heavy atom. The van der Waals surface area contributed by atoms with Crippen molar-refractivity contribution >= 4 is 26.9 Å². The van der Waals surface area contributed by atoms with E-state index >= 15 is 0 Å². The highest BCUT2D eigenvalue weighted by Gasteiger charge is 2.63. The second kappa shape index (κ2) is 4.19. The first-order valence-electron chi connectivity index (χ1n) is 7.04. The van der Waals surface area contributed by atoms with Gasteiger partial charge in [-0.2, -0.15) is 0 Å². The quantitative estimate of drug-likeness (QED) is 0.402. The van der Waals surface area contributed by atoms with Gasteiger partial charge in [-0.1, -0.05) is 35.5 Å². The summed E-state index contributed by atoms with van der Waals surface area (Å²) in [5.41, 5.74) is 4.67. The highest BCUT2D eigenvalue weighted by atomic mass is 35.7. The van der Waals surface area contributed by atoms with Crippen molar-refractivity contribution in [1.82, 2.24) is 4.34 Å². The summed E-state index contributed by atoms with van der Waals surface area (Å²) < 4.78 is 2.69. The third kappa shape index (κ3) is 1.80. The molecule has 2 rings (SSSR count). The zero-order chi connectivity index (χ0) is 15.0. The maximum Gasteiger partial charge on any atom is 0.157 e. The summed E-state index contributed by atoms with van der Waals surface area (Å²) in [6, 6.07) is 0. The Labute approximate surface area is 125 Å². The van der Waals surface area contributed by atoms with E-state index in [1.54, 1.807) is 5.20 Å². The van der Waals surface area contributed by atoms with E-state index in [9.17, 15) is 0 Å². The number of halogens is 1. The molecule has 1 heterocycles. The van der Waals surface area contributed by atoms with Crippen LogP contribution in [0.3, 0.4) is 0 Å². The van der Waals surface area contributed by atoms with Crippen LogP contribution in [0.25, 0.3) is 0 Å². The van der Waals surface area contributed by atoms with Crippen LogP contribution in [0.1, 0.15) is 48.5 Å². The molecule has 1 saturated heterocycles. The molecule has 0 aromatic heterocycles. The highest BCUT2D eigenvalue weighted by molar-refractivity contribution is 7.86. The minimum Gasteiger partial charge on any atom is -0.281 e. The molecular formula is C15H27ClNPSi. The SMILES string of the molecule is CC1=C(C)C2(C)C(=C1C)[Si](C)(C)N(C(C)(C)C)P2Cl. The molecular weight excluding hydrogens is 289 g/mol. The van der Waals surface area contributed by atoms with Crippen LogP contribution in [0.4, 0.5) is 0 Å². The van der Waals surface area contributed by atoms with Gasteiger partial charge < -0.3 is 0 Å². The van der Waals surface area contributed by atoms with Gasteiger partial charge in [-0.3, -0.25) is 4.34 Å². The predicted molar refractivity (Wildman–Crippen MR) is 91.3 cm³/mol. The lowest BCUT2D eigenvalue weighted by molar-refractivity contribution is 0.378. The van der Waals surface area contributed by atoms with Crippen LogP contribution in [0, 0.1) is 0 Å². The van der Waals surface area contributed by atoms with E-state index in [0.29, 0.717) is 0 Å². The van der Waals surface area contributed by atoms with Crippen LogP contribution in [0.5, 0.6) is 0 Å². The normalized spacial score (nSPS) is 35.4. The molecule has 108 valence electrons. The Bertz CT molecular complexity index is 501. The summed E-state index contributed by atoms with van der Waals surface area (Å²) in [7, 11) is -2.32. The van der Waals surface area contributed by atoms with Crippen molar-refractivity contribution in [2.24, 2.45) is 0 Å². The molecule has 2 aliphatic rings. The molecule has 1 aliphatic heterocycles. The fourth-order valence-corrected chi connectivity index (χ4v) is 17.4. The lowest BCUT2D eigenvalue weighted by Crippen LogP contribution is -2.51. The number of fused-ring (bicyclic) bond motifs is 1. The molecule has 2 atom stereocenters. The first-order chi connectivity index (χ1) is 8.37. The third-order valence-electron chi connectivity index (χ3n) is 5.04. The van der Waals surface area contributed by atoms with Gasteiger partial charge in [0.2, 0.25) is 0 Å². The number of allylic oxidation sites excluding steroid dienone is 4. The number of hydrogen-bond acceptors (Lipinski definition) is 1. The van der Waals surface area contributed by atoms with Crippen molar-refractivity contribution < 1.29 is 0 Å². The van der Waals surface area contributed by atoms with Crippen molar-refractivity contribution in [3.8, 4) is 0 Å². The highest BCUT2D eigenvalue weighted by Crippen LogP contribution is 2.76. The first kappa shape index (κ1) is 15.8. The van der Waals surface area contributed by atoms with Crippen LogP contribution < -0.4 is 0 Å². The van der Waals surface area contributed by atoms with E-state index in [1.165, 1.54) is 16.7 Å². The number of hydrogen-bond donors (Lipinski definition) is 0. The van der Waals surface area contributed by atoms with E-state index in [2.05, 4.69) is 65.9 Å². The minimum atomic E-state index is -1.65. The fraction of sp³-hybridized carbons (Fsp3) is 0.733. The van der Waals surface area contributed by atoms with Gasteiger partial charge >= 0.3 is 0 Å². The molecule has 0 N–H and O–H groups in total.